The molecule has 0 saturated carbocycles. The van der Waals surface area contributed by atoms with Gasteiger partial charge in [0.05, 0.1) is 10.6 Å². The first-order chi connectivity index (χ1) is 8.54. The Morgan fingerprint density at radius 2 is 2.21 bits per heavy atom. The van der Waals surface area contributed by atoms with Crippen LogP contribution in [0.4, 0.5) is 0 Å². The Morgan fingerprint density at radius 1 is 1.47 bits per heavy atom. The second-order valence-corrected chi connectivity index (χ2v) is 6.13. The number of halogens is 2. The molecule has 1 aliphatic heterocycles. The van der Waals surface area contributed by atoms with Crippen LogP contribution in [0.3, 0.4) is 0 Å². The third-order valence-corrected chi connectivity index (χ3v) is 4.64. The summed E-state index contributed by atoms with van der Waals surface area (Å²) in [6.07, 6.45) is 0.738. The average molecular weight is 322 g/mol. The summed E-state index contributed by atoms with van der Waals surface area (Å²) in [6.45, 7) is 1.38. The summed E-state index contributed by atoms with van der Waals surface area (Å²) >= 11 is 5.83. The Labute approximate surface area is 123 Å². The lowest BCUT2D eigenvalue weighted by Crippen LogP contribution is -2.36. The lowest BCUT2D eigenvalue weighted by atomic mass is 10.2. The molecule has 1 heterocycles. The highest BCUT2D eigenvalue weighted by Gasteiger charge is 2.25. The van der Waals surface area contributed by atoms with Gasteiger partial charge in [-0.2, -0.15) is 5.26 Å². The minimum Gasteiger partial charge on any atom is -0.315 e. The van der Waals surface area contributed by atoms with Gasteiger partial charge in [-0.3, -0.25) is 0 Å². The molecule has 1 aromatic rings. The van der Waals surface area contributed by atoms with Gasteiger partial charge in [-0.1, -0.05) is 17.7 Å². The minimum absolute atomic E-state index is 0. The summed E-state index contributed by atoms with van der Waals surface area (Å²) in [5.74, 6) is 0. The third kappa shape index (κ3) is 3.59. The Hall–Kier alpha value is -0.840. The number of hydrogen-bond donors (Lipinski definition) is 2. The van der Waals surface area contributed by atoms with Crippen LogP contribution >= 0.6 is 24.0 Å². The molecule has 19 heavy (non-hydrogen) atoms. The summed E-state index contributed by atoms with van der Waals surface area (Å²) in [7, 11) is -3.71. The van der Waals surface area contributed by atoms with Crippen molar-refractivity contribution in [2.24, 2.45) is 0 Å². The fourth-order valence-corrected chi connectivity index (χ4v) is 3.60. The van der Waals surface area contributed by atoms with Crippen molar-refractivity contribution in [1.29, 1.82) is 5.26 Å². The molecule has 0 aliphatic carbocycles. The van der Waals surface area contributed by atoms with E-state index < -0.39 is 10.0 Å². The lowest BCUT2D eigenvalue weighted by molar-refractivity contribution is 0.560. The van der Waals surface area contributed by atoms with Gasteiger partial charge in [-0.25, -0.2) is 13.1 Å². The van der Waals surface area contributed by atoms with Crippen LogP contribution < -0.4 is 10.0 Å². The molecule has 1 unspecified atom stereocenters. The zero-order valence-electron chi connectivity index (χ0n) is 9.89. The van der Waals surface area contributed by atoms with E-state index in [4.69, 9.17) is 16.9 Å². The quantitative estimate of drug-likeness (QED) is 0.878. The predicted molar refractivity (Wildman–Crippen MR) is 75.0 cm³/mol. The van der Waals surface area contributed by atoms with Crippen molar-refractivity contribution < 1.29 is 8.42 Å². The smallest absolute Gasteiger partial charge is 0.242 e. The number of nitriles is 1. The monoisotopic (exact) mass is 321 g/mol. The van der Waals surface area contributed by atoms with Gasteiger partial charge in [0.15, 0.2) is 0 Å². The molecule has 2 rings (SSSR count). The molecule has 1 aliphatic rings. The van der Waals surface area contributed by atoms with Crippen LogP contribution in [0.5, 0.6) is 0 Å². The van der Waals surface area contributed by atoms with Crippen LogP contribution in [0, 0.1) is 11.3 Å². The molecule has 8 heteroatoms. The van der Waals surface area contributed by atoms with Gasteiger partial charge < -0.3 is 5.32 Å². The normalized spacial score (nSPS) is 18.6. The Kier molecular flexibility index (Phi) is 5.59. The van der Waals surface area contributed by atoms with E-state index in [1.54, 1.807) is 0 Å². The SMILES string of the molecule is Cl.N#Cc1c(Cl)cccc1S(=O)(=O)NC1CCNC1. The van der Waals surface area contributed by atoms with Gasteiger partial charge in [-0.05, 0) is 25.1 Å². The second kappa shape index (κ2) is 6.55. The summed E-state index contributed by atoms with van der Waals surface area (Å²) in [5.41, 5.74) is -0.0161. The minimum atomic E-state index is -3.71. The van der Waals surface area contributed by atoms with Crippen LogP contribution in [0.25, 0.3) is 0 Å². The average Bonchev–Trinajstić information content (AvgIpc) is 2.80. The van der Waals surface area contributed by atoms with Crippen LogP contribution in [0.15, 0.2) is 23.1 Å². The van der Waals surface area contributed by atoms with Gasteiger partial charge in [0, 0.05) is 12.6 Å². The van der Waals surface area contributed by atoms with Crippen molar-refractivity contribution >= 4 is 34.0 Å². The molecule has 0 spiro atoms. The van der Waals surface area contributed by atoms with Crippen LogP contribution in [0.2, 0.25) is 5.02 Å². The van der Waals surface area contributed by atoms with Gasteiger partial charge in [0.1, 0.15) is 11.0 Å². The molecule has 2 N–H and O–H groups in total. The molecule has 0 bridgehead atoms. The Morgan fingerprint density at radius 3 is 2.79 bits per heavy atom. The van der Waals surface area contributed by atoms with E-state index in [1.807, 2.05) is 6.07 Å². The zero-order valence-corrected chi connectivity index (χ0v) is 12.3. The molecule has 0 amide bonds. The fourth-order valence-electron chi connectivity index (χ4n) is 1.87. The highest BCUT2D eigenvalue weighted by molar-refractivity contribution is 7.89. The first-order valence-corrected chi connectivity index (χ1v) is 7.32. The van der Waals surface area contributed by atoms with Crippen molar-refractivity contribution in [3.05, 3.63) is 28.8 Å². The van der Waals surface area contributed by atoms with E-state index in [1.165, 1.54) is 18.2 Å². The molecular weight excluding hydrogens is 309 g/mol. The van der Waals surface area contributed by atoms with Crippen molar-refractivity contribution in [1.82, 2.24) is 10.0 Å². The maximum Gasteiger partial charge on any atom is 0.242 e. The molecule has 104 valence electrons. The van der Waals surface area contributed by atoms with E-state index in [0.29, 0.717) is 6.54 Å². The topological polar surface area (TPSA) is 82.0 Å². The van der Waals surface area contributed by atoms with Gasteiger partial charge in [0.2, 0.25) is 10.0 Å². The highest BCUT2D eigenvalue weighted by atomic mass is 35.5. The molecule has 1 saturated heterocycles. The summed E-state index contributed by atoms with van der Waals surface area (Å²) in [6, 6.07) is 6.09. The second-order valence-electron chi connectivity index (χ2n) is 4.04. The number of hydrogen-bond acceptors (Lipinski definition) is 4. The van der Waals surface area contributed by atoms with E-state index >= 15 is 0 Å². The van der Waals surface area contributed by atoms with Crippen molar-refractivity contribution in [2.45, 2.75) is 17.4 Å². The predicted octanol–water partition coefficient (Wildman–Crippen LogP) is 1.27. The van der Waals surface area contributed by atoms with Crippen LogP contribution in [0.1, 0.15) is 12.0 Å². The van der Waals surface area contributed by atoms with Gasteiger partial charge in [0.25, 0.3) is 0 Å². The fraction of sp³-hybridized carbons (Fsp3) is 0.364. The van der Waals surface area contributed by atoms with E-state index in [2.05, 4.69) is 10.0 Å². The van der Waals surface area contributed by atoms with E-state index in [0.717, 1.165) is 13.0 Å². The number of nitrogens with one attached hydrogen (secondary N) is 2. The Bertz CT molecular complexity index is 592. The highest BCUT2D eigenvalue weighted by Crippen LogP contribution is 2.23. The summed E-state index contributed by atoms with van der Waals surface area (Å²) < 4.78 is 26.9. The van der Waals surface area contributed by atoms with Crippen molar-refractivity contribution in [3.63, 3.8) is 0 Å². The van der Waals surface area contributed by atoms with Gasteiger partial charge in [-0.15, -0.1) is 12.4 Å². The van der Waals surface area contributed by atoms with E-state index in [-0.39, 0.29) is 33.9 Å². The first kappa shape index (κ1) is 16.2. The molecule has 1 aromatic carbocycles. The van der Waals surface area contributed by atoms with Crippen LogP contribution in [-0.4, -0.2) is 27.5 Å². The number of benzene rings is 1. The number of nitrogens with zero attached hydrogens (tertiary/aromatic N) is 1. The molecule has 1 fully saturated rings. The van der Waals surface area contributed by atoms with Crippen LogP contribution in [-0.2, 0) is 10.0 Å². The number of sulfonamides is 1. The largest absolute Gasteiger partial charge is 0.315 e. The first-order valence-electron chi connectivity index (χ1n) is 5.46. The zero-order chi connectivity index (χ0) is 13.2. The molecule has 0 aromatic heterocycles. The lowest BCUT2D eigenvalue weighted by Gasteiger charge is -2.13. The molecule has 0 radical (unpaired) electrons. The Balaban J connectivity index is 0.00000180. The number of rotatable bonds is 3. The van der Waals surface area contributed by atoms with Crippen molar-refractivity contribution in [2.75, 3.05) is 13.1 Å². The summed E-state index contributed by atoms with van der Waals surface area (Å²) in [4.78, 5) is -0.0654. The maximum absolute atomic E-state index is 12.2. The van der Waals surface area contributed by atoms with E-state index in [9.17, 15) is 8.42 Å². The maximum atomic E-state index is 12.2. The molecule has 5 nitrogen and oxygen atoms in total. The molecular formula is C11H13Cl2N3O2S. The summed E-state index contributed by atoms with van der Waals surface area (Å²) in [5, 5.41) is 12.2. The van der Waals surface area contributed by atoms with Crippen molar-refractivity contribution in [3.8, 4) is 6.07 Å². The molecule has 1 atom stereocenters. The van der Waals surface area contributed by atoms with Gasteiger partial charge >= 0.3 is 0 Å². The third-order valence-electron chi connectivity index (χ3n) is 2.76. The standard InChI is InChI=1S/C11H12ClN3O2S.ClH/c12-10-2-1-3-11(9(10)6-13)18(16,17)15-8-4-5-14-7-8;/h1-3,8,14-15H,4-5,7H2;1H.